The lowest BCUT2D eigenvalue weighted by molar-refractivity contribution is -0.162. The fraction of sp³-hybridized carbons (Fsp3) is 0.767. The summed E-state index contributed by atoms with van der Waals surface area (Å²) >= 11 is 0. The summed E-state index contributed by atoms with van der Waals surface area (Å²) in [6.45, 7) is 14.8. The lowest BCUT2D eigenvalue weighted by Crippen LogP contribution is -2.57. The molecule has 0 radical (unpaired) electrons. The monoisotopic (exact) mass is 561 g/mol. The number of unbranched alkanes of at least 4 members (excludes halogenated alkanes) is 2. The highest BCUT2D eigenvalue weighted by atomic mass is 16.6. The summed E-state index contributed by atoms with van der Waals surface area (Å²) in [5.74, 6) is -2.28. The van der Waals surface area contributed by atoms with Crippen LogP contribution < -0.4 is 0 Å². The molecule has 2 unspecified atom stereocenters. The third kappa shape index (κ3) is 5.73. The molecule has 0 aliphatic carbocycles. The van der Waals surface area contributed by atoms with Crippen LogP contribution in [0.15, 0.2) is 25.3 Å². The predicted octanol–water partition coefficient (Wildman–Crippen LogP) is 1.77. The highest BCUT2D eigenvalue weighted by Gasteiger charge is 2.79. The number of esters is 1. The van der Waals surface area contributed by atoms with E-state index in [4.69, 9.17) is 14.2 Å². The minimum absolute atomic E-state index is 0.0816. The molecule has 4 fully saturated rings. The van der Waals surface area contributed by atoms with Crippen LogP contribution in [-0.2, 0) is 28.6 Å². The molecule has 4 rings (SSSR count). The third-order valence-corrected chi connectivity index (χ3v) is 9.24. The van der Waals surface area contributed by atoms with E-state index in [0.717, 1.165) is 19.5 Å². The molecular weight excluding hydrogens is 514 g/mol. The molecule has 2 bridgehead atoms. The summed E-state index contributed by atoms with van der Waals surface area (Å²) in [4.78, 5) is 47.9. The average molecular weight is 562 g/mol. The third-order valence-electron chi connectivity index (χ3n) is 9.24. The number of hydrogen-bond acceptors (Lipinski definition) is 8. The molecule has 1 N–H and O–H groups in total. The van der Waals surface area contributed by atoms with Gasteiger partial charge in [0.2, 0.25) is 11.8 Å². The molecule has 0 aromatic carbocycles. The molecule has 40 heavy (non-hydrogen) atoms. The van der Waals surface area contributed by atoms with E-state index in [1.807, 2.05) is 6.92 Å². The molecule has 5 atom stereocenters. The Kier molecular flexibility index (Phi) is 10.4. The molecule has 4 aliphatic heterocycles. The van der Waals surface area contributed by atoms with E-state index in [2.05, 4.69) is 18.1 Å². The molecular formula is C30H47N3O7. The number of rotatable bonds is 16. The zero-order valence-corrected chi connectivity index (χ0v) is 24.1. The van der Waals surface area contributed by atoms with Crippen molar-refractivity contribution in [3.63, 3.8) is 0 Å². The van der Waals surface area contributed by atoms with Crippen LogP contribution in [0.1, 0.15) is 51.9 Å². The van der Waals surface area contributed by atoms with Crippen molar-refractivity contribution in [3.05, 3.63) is 25.3 Å². The van der Waals surface area contributed by atoms with Crippen molar-refractivity contribution >= 4 is 17.8 Å². The van der Waals surface area contributed by atoms with Crippen LogP contribution in [0, 0.1) is 11.8 Å². The number of nitrogens with zero attached hydrogens (tertiary/aromatic N) is 3. The number of aliphatic hydroxyl groups excluding tert-OH is 1. The first-order chi connectivity index (χ1) is 19.4. The smallest absolute Gasteiger partial charge is 0.312 e. The summed E-state index contributed by atoms with van der Waals surface area (Å²) in [6, 6.07) is -0.817. The highest BCUT2D eigenvalue weighted by molar-refractivity contribution is 5.98. The number of amides is 2. The van der Waals surface area contributed by atoms with E-state index in [9.17, 15) is 19.5 Å². The van der Waals surface area contributed by atoms with E-state index >= 15 is 0 Å². The molecule has 1 spiro atoms. The Morgan fingerprint density at radius 1 is 1.15 bits per heavy atom. The van der Waals surface area contributed by atoms with E-state index in [1.165, 1.54) is 0 Å². The Balaban J connectivity index is 1.64. The van der Waals surface area contributed by atoms with Gasteiger partial charge in [-0.25, -0.2) is 0 Å². The van der Waals surface area contributed by atoms with Gasteiger partial charge in [0.25, 0.3) is 0 Å². The van der Waals surface area contributed by atoms with Gasteiger partial charge in [-0.05, 0) is 44.9 Å². The molecule has 2 amide bonds. The van der Waals surface area contributed by atoms with Gasteiger partial charge in [0.15, 0.2) is 0 Å². The molecule has 0 saturated carbocycles. The van der Waals surface area contributed by atoms with Crippen LogP contribution in [0.3, 0.4) is 0 Å². The van der Waals surface area contributed by atoms with Gasteiger partial charge in [-0.2, -0.15) is 0 Å². The van der Waals surface area contributed by atoms with E-state index < -0.39 is 35.0 Å². The zero-order valence-electron chi connectivity index (χ0n) is 24.1. The van der Waals surface area contributed by atoms with Crippen LogP contribution in [-0.4, -0.2) is 121 Å². The molecule has 10 heteroatoms. The maximum absolute atomic E-state index is 14.5. The van der Waals surface area contributed by atoms with Gasteiger partial charge < -0.3 is 29.1 Å². The first kappa shape index (κ1) is 30.7. The quantitative estimate of drug-likeness (QED) is 0.173. The van der Waals surface area contributed by atoms with Crippen LogP contribution in [0.5, 0.6) is 0 Å². The van der Waals surface area contributed by atoms with Crippen molar-refractivity contribution in [2.75, 3.05) is 65.7 Å². The van der Waals surface area contributed by atoms with Gasteiger partial charge >= 0.3 is 5.97 Å². The van der Waals surface area contributed by atoms with Crippen molar-refractivity contribution < 1.29 is 33.7 Å². The Labute approximate surface area is 238 Å². The topological polar surface area (TPSA) is 109 Å². The number of morpholine rings is 1. The Morgan fingerprint density at radius 3 is 2.60 bits per heavy atom. The second-order valence-electron chi connectivity index (χ2n) is 11.4. The summed E-state index contributed by atoms with van der Waals surface area (Å²) in [7, 11) is 0. The fourth-order valence-electron chi connectivity index (χ4n) is 7.21. The summed E-state index contributed by atoms with van der Waals surface area (Å²) in [5.41, 5.74) is -1.88. The molecule has 224 valence electrons. The lowest BCUT2D eigenvalue weighted by Gasteiger charge is -2.37. The number of aliphatic hydroxyl groups is 1. The molecule has 4 saturated heterocycles. The van der Waals surface area contributed by atoms with Gasteiger partial charge in [0.05, 0.1) is 31.3 Å². The largest absolute Gasteiger partial charge is 0.465 e. The summed E-state index contributed by atoms with van der Waals surface area (Å²) in [6.07, 6.45) is 7.66. The normalized spacial score (nSPS) is 31.3. The number of likely N-dealkylation sites (tertiary alicyclic amines) is 1. The number of hydrogen-bond donors (Lipinski definition) is 1. The first-order valence-corrected chi connectivity index (χ1v) is 15.0. The number of fused-ring (bicyclic) bond motifs is 1. The van der Waals surface area contributed by atoms with E-state index in [-0.39, 0.29) is 25.0 Å². The molecule has 0 aromatic rings. The Bertz CT molecular complexity index is 938. The maximum Gasteiger partial charge on any atom is 0.312 e. The number of carbonyl (C=O) groups excluding carboxylic acids is 3. The average Bonchev–Trinajstić information content (AvgIpc) is 3.57. The number of carbonyl (C=O) groups is 3. The van der Waals surface area contributed by atoms with E-state index in [0.29, 0.717) is 77.9 Å². The number of ether oxygens (including phenoxy) is 3. The van der Waals surface area contributed by atoms with E-state index in [1.54, 1.807) is 22.0 Å². The Morgan fingerprint density at radius 2 is 1.93 bits per heavy atom. The first-order valence-electron chi connectivity index (χ1n) is 15.0. The zero-order chi connectivity index (χ0) is 28.8. The van der Waals surface area contributed by atoms with Gasteiger partial charge in [0.1, 0.15) is 17.6 Å². The van der Waals surface area contributed by atoms with Crippen molar-refractivity contribution in [2.45, 2.75) is 69.1 Å². The highest BCUT2D eigenvalue weighted by Crippen LogP contribution is 2.64. The van der Waals surface area contributed by atoms with Crippen molar-refractivity contribution in [2.24, 2.45) is 11.8 Å². The minimum atomic E-state index is -1.07. The molecule has 10 nitrogen and oxygen atoms in total. The van der Waals surface area contributed by atoms with Crippen LogP contribution in [0.4, 0.5) is 0 Å². The fourth-order valence-corrected chi connectivity index (χ4v) is 7.21. The van der Waals surface area contributed by atoms with Gasteiger partial charge in [0, 0.05) is 45.9 Å². The van der Waals surface area contributed by atoms with Crippen LogP contribution in [0.2, 0.25) is 0 Å². The second-order valence-corrected chi connectivity index (χ2v) is 11.4. The summed E-state index contributed by atoms with van der Waals surface area (Å²) in [5, 5.41) is 9.26. The van der Waals surface area contributed by atoms with Crippen molar-refractivity contribution in [1.82, 2.24) is 14.7 Å². The predicted molar refractivity (Wildman–Crippen MR) is 149 cm³/mol. The molecule has 4 aliphatic rings. The second kappa shape index (κ2) is 13.6. The Hall–Kier alpha value is -2.27. The SMILES string of the molecule is C=CCCOC(=O)[C@@H]1[C@H]2C(=O)N(CCCCCO)C(C(=O)N(CC=C)CCN3CCOCC3)C23CC[C@@]1(CC)O3. The van der Waals surface area contributed by atoms with Gasteiger partial charge in [-0.1, -0.05) is 19.1 Å². The maximum atomic E-state index is 14.5. The molecule has 0 aromatic heterocycles. The van der Waals surface area contributed by atoms with Crippen molar-refractivity contribution in [3.8, 4) is 0 Å². The van der Waals surface area contributed by atoms with Gasteiger partial charge in [-0.3, -0.25) is 19.3 Å². The van der Waals surface area contributed by atoms with Gasteiger partial charge in [-0.15, -0.1) is 13.2 Å². The van der Waals surface area contributed by atoms with Crippen LogP contribution >= 0.6 is 0 Å². The lowest BCUT2D eigenvalue weighted by atomic mass is 9.65. The molecule has 4 heterocycles. The van der Waals surface area contributed by atoms with Crippen molar-refractivity contribution in [1.29, 1.82) is 0 Å². The minimum Gasteiger partial charge on any atom is -0.465 e. The summed E-state index contributed by atoms with van der Waals surface area (Å²) < 4.78 is 17.9. The van der Waals surface area contributed by atoms with Crippen LogP contribution in [0.25, 0.3) is 0 Å². The standard InChI is InChI=1S/C30H47N3O7/c1-4-7-20-39-28(37)24-23-26(35)33(14-9-8-10-19-34)25(30(23)12-11-29(24,6-3)40-30)27(36)32(13-5-2)16-15-31-17-21-38-22-18-31/h4-5,23-25,34H,1-2,6-22H2,3H3/t23-,24-,25?,29+,30?/m0/s1.